The summed E-state index contributed by atoms with van der Waals surface area (Å²) in [5.41, 5.74) is 1.64. The maximum absolute atomic E-state index is 4.63. The lowest BCUT2D eigenvalue weighted by atomic mass is 10.3. The highest BCUT2D eigenvalue weighted by Gasteiger charge is 2.20. The molecule has 19 heavy (non-hydrogen) atoms. The molecule has 0 saturated carbocycles. The van der Waals surface area contributed by atoms with Gasteiger partial charge in [0.25, 0.3) is 0 Å². The van der Waals surface area contributed by atoms with Gasteiger partial charge in [-0.25, -0.2) is 4.98 Å². The van der Waals surface area contributed by atoms with Crippen LogP contribution >= 0.6 is 0 Å². The number of fused-ring (bicyclic) bond motifs is 1. The molecule has 0 spiro atoms. The Morgan fingerprint density at radius 1 is 1.26 bits per heavy atom. The van der Waals surface area contributed by atoms with Gasteiger partial charge in [-0.3, -0.25) is 0 Å². The molecule has 1 aliphatic heterocycles. The van der Waals surface area contributed by atoms with E-state index in [4.69, 9.17) is 0 Å². The molecule has 0 amide bonds. The van der Waals surface area contributed by atoms with E-state index in [1.807, 2.05) is 6.92 Å². The van der Waals surface area contributed by atoms with E-state index in [2.05, 4.69) is 42.1 Å². The average Bonchev–Trinajstić information content (AvgIpc) is 2.87. The summed E-state index contributed by atoms with van der Waals surface area (Å²) in [5, 5.41) is 3.16. The first kappa shape index (κ1) is 12.2. The Balaban J connectivity index is 1.98. The topological polar surface area (TPSA) is 73.0 Å². The molecule has 3 heterocycles. The van der Waals surface area contributed by atoms with Crippen molar-refractivity contribution in [3.05, 3.63) is 6.33 Å². The lowest BCUT2D eigenvalue weighted by molar-refractivity contribution is 0.312. The van der Waals surface area contributed by atoms with Crippen molar-refractivity contribution in [2.75, 3.05) is 50.0 Å². The average molecular weight is 261 g/mol. The summed E-state index contributed by atoms with van der Waals surface area (Å²) in [6.07, 6.45) is 1.68. The van der Waals surface area contributed by atoms with Gasteiger partial charge in [0.2, 0.25) is 5.95 Å². The van der Waals surface area contributed by atoms with E-state index in [1.165, 1.54) is 0 Å². The molecule has 102 valence electrons. The fourth-order valence-electron chi connectivity index (χ4n) is 2.30. The molecule has 0 bridgehead atoms. The summed E-state index contributed by atoms with van der Waals surface area (Å²) >= 11 is 0. The summed E-state index contributed by atoms with van der Waals surface area (Å²) < 4.78 is 0. The number of aromatic amines is 1. The van der Waals surface area contributed by atoms with Gasteiger partial charge in [0.1, 0.15) is 5.52 Å². The summed E-state index contributed by atoms with van der Waals surface area (Å²) in [7, 11) is 2.15. The molecule has 1 fully saturated rings. The Labute approximate surface area is 112 Å². The van der Waals surface area contributed by atoms with Crippen LogP contribution in [0.5, 0.6) is 0 Å². The molecule has 1 saturated heterocycles. The van der Waals surface area contributed by atoms with Crippen molar-refractivity contribution >= 4 is 22.9 Å². The van der Waals surface area contributed by atoms with Crippen LogP contribution in [0.15, 0.2) is 6.33 Å². The van der Waals surface area contributed by atoms with Crippen LogP contribution in [0.1, 0.15) is 6.92 Å². The number of nitrogens with zero attached hydrogens (tertiary/aromatic N) is 5. The van der Waals surface area contributed by atoms with E-state index in [-0.39, 0.29) is 0 Å². The first-order valence-corrected chi connectivity index (χ1v) is 6.66. The van der Waals surface area contributed by atoms with Gasteiger partial charge in [-0.1, -0.05) is 0 Å². The number of H-pyrrole nitrogens is 1. The zero-order valence-electron chi connectivity index (χ0n) is 11.3. The fraction of sp³-hybridized carbons (Fsp3) is 0.583. The van der Waals surface area contributed by atoms with E-state index in [1.54, 1.807) is 6.33 Å². The maximum atomic E-state index is 4.63. The zero-order chi connectivity index (χ0) is 13.2. The van der Waals surface area contributed by atoms with Gasteiger partial charge in [-0.2, -0.15) is 9.97 Å². The van der Waals surface area contributed by atoms with Crippen molar-refractivity contribution in [1.29, 1.82) is 0 Å². The van der Waals surface area contributed by atoms with Gasteiger partial charge in [0.05, 0.1) is 6.33 Å². The largest absolute Gasteiger partial charge is 0.354 e. The minimum Gasteiger partial charge on any atom is -0.354 e. The van der Waals surface area contributed by atoms with Crippen molar-refractivity contribution in [2.24, 2.45) is 0 Å². The number of hydrogen-bond acceptors (Lipinski definition) is 6. The monoisotopic (exact) mass is 261 g/mol. The summed E-state index contributed by atoms with van der Waals surface area (Å²) in [5.74, 6) is 1.60. The second kappa shape index (κ2) is 5.00. The number of nitrogens with one attached hydrogen (secondary N) is 2. The number of hydrogen-bond donors (Lipinski definition) is 2. The minimum atomic E-state index is 0.649. The molecule has 0 radical (unpaired) electrons. The highest BCUT2D eigenvalue weighted by Crippen LogP contribution is 2.23. The number of imidazole rings is 1. The predicted molar refractivity (Wildman–Crippen MR) is 75.6 cm³/mol. The van der Waals surface area contributed by atoms with Crippen LogP contribution in [-0.4, -0.2) is 64.6 Å². The van der Waals surface area contributed by atoms with Gasteiger partial charge >= 0.3 is 0 Å². The smallest absolute Gasteiger partial charge is 0.226 e. The van der Waals surface area contributed by atoms with E-state index in [9.17, 15) is 0 Å². The number of anilines is 2. The molecular formula is C12H19N7. The lowest BCUT2D eigenvalue weighted by Crippen LogP contribution is -2.45. The van der Waals surface area contributed by atoms with Crippen LogP contribution < -0.4 is 10.2 Å². The van der Waals surface area contributed by atoms with Gasteiger partial charge in [-0.05, 0) is 14.0 Å². The Kier molecular flexibility index (Phi) is 3.20. The van der Waals surface area contributed by atoms with Crippen LogP contribution in [0.4, 0.5) is 11.8 Å². The number of aromatic nitrogens is 4. The van der Waals surface area contributed by atoms with Crippen LogP contribution in [0.2, 0.25) is 0 Å². The predicted octanol–water partition coefficient (Wildman–Crippen LogP) is 0.536. The van der Waals surface area contributed by atoms with Gasteiger partial charge in [0.15, 0.2) is 11.5 Å². The zero-order valence-corrected chi connectivity index (χ0v) is 11.3. The first-order chi connectivity index (χ1) is 9.28. The van der Waals surface area contributed by atoms with E-state index in [0.29, 0.717) is 5.95 Å². The molecule has 2 aromatic heterocycles. The molecule has 7 nitrogen and oxygen atoms in total. The lowest BCUT2D eigenvalue weighted by Gasteiger charge is -2.33. The highest BCUT2D eigenvalue weighted by atomic mass is 15.3. The molecule has 1 aliphatic rings. The SMILES string of the molecule is CCNc1nc(N2CCN(C)CC2)c2[nH]cnc2n1. The molecule has 0 atom stereocenters. The van der Waals surface area contributed by atoms with Crippen LogP contribution in [0, 0.1) is 0 Å². The number of piperazine rings is 1. The summed E-state index contributed by atoms with van der Waals surface area (Å²) in [4.78, 5) is 21.0. The minimum absolute atomic E-state index is 0.649. The summed E-state index contributed by atoms with van der Waals surface area (Å²) in [6, 6.07) is 0. The van der Waals surface area contributed by atoms with Crippen molar-refractivity contribution in [3.63, 3.8) is 0 Å². The molecule has 2 N–H and O–H groups in total. The van der Waals surface area contributed by atoms with Crippen LogP contribution in [-0.2, 0) is 0 Å². The number of likely N-dealkylation sites (N-methyl/N-ethyl adjacent to an activating group) is 1. The van der Waals surface area contributed by atoms with E-state index < -0.39 is 0 Å². The molecule has 7 heteroatoms. The van der Waals surface area contributed by atoms with E-state index >= 15 is 0 Å². The van der Waals surface area contributed by atoms with Crippen molar-refractivity contribution in [1.82, 2.24) is 24.8 Å². The molecule has 2 aromatic rings. The molecular weight excluding hydrogens is 242 g/mol. The van der Waals surface area contributed by atoms with E-state index in [0.717, 1.165) is 49.7 Å². The van der Waals surface area contributed by atoms with Crippen molar-refractivity contribution in [3.8, 4) is 0 Å². The highest BCUT2D eigenvalue weighted by molar-refractivity contribution is 5.84. The third-order valence-corrected chi connectivity index (χ3v) is 3.40. The third-order valence-electron chi connectivity index (χ3n) is 3.40. The normalized spacial score (nSPS) is 17.1. The van der Waals surface area contributed by atoms with Crippen LogP contribution in [0.25, 0.3) is 11.2 Å². The van der Waals surface area contributed by atoms with Gasteiger partial charge in [-0.15, -0.1) is 0 Å². The Morgan fingerprint density at radius 2 is 2.05 bits per heavy atom. The fourth-order valence-corrected chi connectivity index (χ4v) is 2.30. The Hall–Kier alpha value is -1.89. The molecule has 0 aromatic carbocycles. The molecule has 0 unspecified atom stereocenters. The van der Waals surface area contributed by atoms with Gasteiger partial charge < -0.3 is 20.1 Å². The Morgan fingerprint density at radius 3 is 2.79 bits per heavy atom. The third kappa shape index (κ3) is 2.33. The van der Waals surface area contributed by atoms with Crippen molar-refractivity contribution < 1.29 is 0 Å². The van der Waals surface area contributed by atoms with Crippen molar-refractivity contribution in [2.45, 2.75) is 6.92 Å². The quantitative estimate of drug-likeness (QED) is 0.840. The summed E-state index contributed by atoms with van der Waals surface area (Å²) in [6.45, 7) is 6.90. The number of rotatable bonds is 3. The van der Waals surface area contributed by atoms with Crippen LogP contribution in [0.3, 0.4) is 0 Å². The first-order valence-electron chi connectivity index (χ1n) is 6.66. The second-order valence-electron chi connectivity index (χ2n) is 4.79. The molecule has 3 rings (SSSR count). The Bertz CT molecular complexity index is 556. The maximum Gasteiger partial charge on any atom is 0.226 e. The molecule has 0 aliphatic carbocycles. The van der Waals surface area contributed by atoms with Gasteiger partial charge in [0, 0.05) is 32.7 Å². The second-order valence-corrected chi connectivity index (χ2v) is 4.79. The standard InChI is InChI=1S/C12H19N7/c1-3-13-12-16-10-9(14-8-15-10)11(17-12)19-6-4-18(2)5-7-19/h8H,3-7H2,1-2H3,(H2,13,14,15,16,17).